The minimum Gasteiger partial charge on any atom is -0.367 e. The third-order valence-electron chi connectivity index (χ3n) is 1.52. The summed E-state index contributed by atoms with van der Waals surface area (Å²) in [4.78, 5) is 10.8. The molecule has 0 aromatic carbocycles. The van der Waals surface area contributed by atoms with Crippen molar-refractivity contribution in [1.29, 1.82) is 0 Å². The molecule has 0 spiro atoms. The Labute approximate surface area is 70.1 Å². The highest BCUT2D eigenvalue weighted by Gasteiger charge is 2.17. The minimum absolute atomic E-state index is 0.509. The molecule has 12 heavy (non-hydrogen) atoms. The molecule has 5 nitrogen and oxygen atoms in total. The molecule has 1 heterocycles. The van der Waals surface area contributed by atoms with Crippen molar-refractivity contribution in [1.82, 2.24) is 9.78 Å². The van der Waals surface area contributed by atoms with Gasteiger partial charge in [0.05, 0.1) is 6.20 Å². The molecule has 1 aromatic heterocycles. The van der Waals surface area contributed by atoms with Crippen LogP contribution in [0.5, 0.6) is 0 Å². The van der Waals surface area contributed by atoms with Crippen molar-refractivity contribution in [2.75, 3.05) is 7.11 Å². The molecule has 0 aliphatic rings. The molecule has 1 unspecified atom stereocenters. The van der Waals surface area contributed by atoms with E-state index in [9.17, 15) is 4.79 Å². The van der Waals surface area contributed by atoms with E-state index in [2.05, 4.69) is 5.10 Å². The first-order valence-corrected chi connectivity index (χ1v) is 3.46. The first kappa shape index (κ1) is 8.73. The van der Waals surface area contributed by atoms with Gasteiger partial charge in [-0.05, 0) is 0 Å². The van der Waals surface area contributed by atoms with E-state index >= 15 is 0 Å². The zero-order chi connectivity index (χ0) is 9.14. The van der Waals surface area contributed by atoms with Crippen molar-refractivity contribution in [3.05, 3.63) is 18.0 Å². The Hall–Kier alpha value is -1.36. The zero-order valence-corrected chi connectivity index (χ0v) is 7.02. The third kappa shape index (κ3) is 1.62. The highest BCUT2D eigenvalue weighted by molar-refractivity contribution is 5.80. The van der Waals surface area contributed by atoms with Gasteiger partial charge in [0.25, 0.3) is 5.91 Å². The predicted molar refractivity (Wildman–Crippen MR) is 42.2 cm³/mol. The van der Waals surface area contributed by atoms with E-state index < -0.39 is 12.0 Å². The summed E-state index contributed by atoms with van der Waals surface area (Å²) in [5, 5.41) is 3.90. The number of aromatic nitrogens is 2. The standard InChI is InChI=1S/C7H11N3O2/c1-10-4-5(3-9-10)6(12-2)7(8)11/h3-4,6H,1-2H3,(H2,8,11). The molecular formula is C7H11N3O2. The van der Waals surface area contributed by atoms with Gasteiger partial charge in [0.1, 0.15) is 0 Å². The fourth-order valence-corrected chi connectivity index (χ4v) is 0.992. The van der Waals surface area contributed by atoms with Crippen molar-refractivity contribution >= 4 is 5.91 Å². The van der Waals surface area contributed by atoms with Crippen LogP contribution in [0.4, 0.5) is 0 Å². The van der Waals surface area contributed by atoms with E-state index in [4.69, 9.17) is 10.5 Å². The summed E-state index contributed by atoms with van der Waals surface area (Å²) in [6.07, 6.45) is 2.55. The second-order valence-corrected chi connectivity index (χ2v) is 2.47. The van der Waals surface area contributed by atoms with Crippen LogP contribution in [0.1, 0.15) is 11.7 Å². The van der Waals surface area contributed by atoms with Crippen LogP contribution < -0.4 is 5.73 Å². The van der Waals surface area contributed by atoms with Gasteiger partial charge < -0.3 is 10.5 Å². The number of aryl methyl sites for hydroxylation is 1. The van der Waals surface area contributed by atoms with Crippen LogP contribution in [0.25, 0.3) is 0 Å². The topological polar surface area (TPSA) is 70.1 Å². The summed E-state index contributed by atoms with van der Waals surface area (Å²) < 4.78 is 6.47. The van der Waals surface area contributed by atoms with E-state index in [1.165, 1.54) is 7.11 Å². The van der Waals surface area contributed by atoms with Crippen LogP contribution in [-0.4, -0.2) is 22.8 Å². The number of rotatable bonds is 3. The summed E-state index contributed by atoms with van der Waals surface area (Å²) in [6.45, 7) is 0. The number of amides is 1. The lowest BCUT2D eigenvalue weighted by molar-refractivity contribution is -0.128. The van der Waals surface area contributed by atoms with Gasteiger partial charge in [-0.25, -0.2) is 0 Å². The van der Waals surface area contributed by atoms with Crippen LogP contribution in [0.2, 0.25) is 0 Å². The molecule has 5 heteroatoms. The first-order valence-electron chi connectivity index (χ1n) is 3.46. The normalized spacial score (nSPS) is 12.8. The minimum atomic E-state index is -0.696. The van der Waals surface area contributed by atoms with E-state index in [0.717, 1.165) is 0 Å². The smallest absolute Gasteiger partial charge is 0.251 e. The molecule has 0 fully saturated rings. The van der Waals surface area contributed by atoms with Gasteiger partial charge in [-0.15, -0.1) is 0 Å². The molecule has 66 valence electrons. The van der Waals surface area contributed by atoms with Crippen LogP contribution in [0, 0.1) is 0 Å². The predicted octanol–water partition coefficient (Wildman–Crippen LogP) is -0.407. The molecule has 0 aliphatic carbocycles. The Morgan fingerprint density at radius 2 is 2.50 bits per heavy atom. The summed E-state index contributed by atoms with van der Waals surface area (Å²) >= 11 is 0. The lowest BCUT2D eigenvalue weighted by atomic mass is 10.2. The summed E-state index contributed by atoms with van der Waals surface area (Å²) in [6, 6.07) is 0. The lowest BCUT2D eigenvalue weighted by Crippen LogP contribution is -2.22. The van der Waals surface area contributed by atoms with E-state index in [-0.39, 0.29) is 0 Å². The lowest BCUT2D eigenvalue weighted by Gasteiger charge is -2.07. The average molecular weight is 169 g/mol. The van der Waals surface area contributed by atoms with E-state index in [0.29, 0.717) is 5.56 Å². The second-order valence-electron chi connectivity index (χ2n) is 2.47. The number of primary amides is 1. The Morgan fingerprint density at radius 3 is 2.83 bits per heavy atom. The van der Waals surface area contributed by atoms with Crippen LogP contribution in [0.15, 0.2) is 12.4 Å². The SMILES string of the molecule is COC(C(N)=O)c1cnn(C)c1. The fraction of sp³-hybridized carbons (Fsp3) is 0.429. The van der Waals surface area contributed by atoms with Crippen LogP contribution in [-0.2, 0) is 16.6 Å². The maximum Gasteiger partial charge on any atom is 0.251 e. The Kier molecular flexibility index (Phi) is 2.44. The van der Waals surface area contributed by atoms with Crippen molar-refractivity contribution in [3.63, 3.8) is 0 Å². The largest absolute Gasteiger partial charge is 0.367 e. The molecule has 0 bridgehead atoms. The number of nitrogens with zero attached hydrogens (tertiary/aromatic N) is 2. The van der Waals surface area contributed by atoms with Crippen molar-refractivity contribution in [2.45, 2.75) is 6.10 Å². The van der Waals surface area contributed by atoms with Gasteiger partial charge in [-0.3, -0.25) is 9.48 Å². The third-order valence-corrected chi connectivity index (χ3v) is 1.52. The van der Waals surface area contributed by atoms with Gasteiger partial charge in [-0.1, -0.05) is 0 Å². The number of ether oxygens (including phenoxy) is 1. The second kappa shape index (κ2) is 3.36. The maximum absolute atomic E-state index is 10.8. The van der Waals surface area contributed by atoms with Gasteiger partial charge in [0.2, 0.25) is 0 Å². The molecule has 1 rings (SSSR count). The molecule has 0 saturated carbocycles. The molecule has 2 N–H and O–H groups in total. The highest BCUT2D eigenvalue weighted by atomic mass is 16.5. The summed E-state index contributed by atoms with van der Waals surface area (Å²) in [5.74, 6) is -0.509. The van der Waals surface area contributed by atoms with E-state index in [1.54, 1.807) is 24.1 Å². The molecule has 1 atom stereocenters. The van der Waals surface area contributed by atoms with Gasteiger partial charge >= 0.3 is 0 Å². The zero-order valence-electron chi connectivity index (χ0n) is 7.02. The highest BCUT2D eigenvalue weighted by Crippen LogP contribution is 2.13. The molecule has 0 radical (unpaired) electrons. The average Bonchev–Trinajstić information content (AvgIpc) is 2.37. The summed E-state index contributed by atoms with van der Waals surface area (Å²) in [7, 11) is 3.19. The molecular weight excluding hydrogens is 158 g/mol. The first-order chi connectivity index (χ1) is 5.65. The van der Waals surface area contributed by atoms with E-state index in [1.807, 2.05) is 0 Å². The monoisotopic (exact) mass is 169 g/mol. The Bertz CT molecular complexity index is 282. The quantitative estimate of drug-likeness (QED) is 0.668. The van der Waals surface area contributed by atoms with Crippen molar-refractivity contribution in [3.8, 4) is 0 Å². The molecule has 0 aliphatic heterocycles. The Balaban J connectivity index is 2.87. The molecule has 0 saturated heterocycles. The number of carbonyl (C=O) groups is 1. The number of carbonyl (C=O) groups excluding carboxylic acids is 1. The maximum atomic E-state index is 10.8. The summed E-state index contributed by atoms with van der Waals surface area (Å²) in [5.41, 5.74) is 5.76. The molecule has 1 amide bonds. The van der Waals surface area contributed by atoms with Crippen molar-refractivity contribution < 1.29 is 9.53 Å². The van der Waals surface area contributed by atoms with Crippen LogP contribution >= 0.6 is 0 Å². The number of nitrogens with two attached hydrogens (primary N) is 1. The van der Waals surface area contributed by atoms with Gasteiger partial charge in [0.15, 0.2) is 6.10 Å². The van der Waals surface area contributed by atoms with Crippen LogP contribution in [0.3, 0.4) is 0 Å². The van der Waals surface area contributed by atoms with Gasteiger partial charge in [0, 0.05) is 25.9 Å². The fourth-order valence-electron chi connectivity index (χ4n) is 0.992. The number of methoxy groups -OCH3 is 1. The van der Waals surface area contributed by atoms with Gasteiger partial charge in [-0.2, -0.15) is 5.10 Å². The van der Waals surface area contributed by atoms with Crippen molar-refractivity contribution in [2.24, 2.45) is 12.8 Å². The Morgan fingerprint density at radius 1 is 1.83 bits per heavy atom. The molecule has 1 aromatic rings. The number of hydrogen-bond donors (Lipinski definition) is 1. The number of hydrogen-bond acceptors (Lipinski definition) is 3.